The number of aliphatic hydroxyl groups is 1. The molecule has 0 radical (unpaired) electrons. The van der Waals surface area contributed by atoms with Crippen LogP contribution in [0, 0.1) is 0 Å². The second-order valence-corrected chi connectivity index (χ2v) is 16.1. The third-order valence-electron chi connectivity index (χ3n) is 8.48. The molecule has 0 saturated heterocycles. The molecule has 9 heteroatoms. The predicted molar refractivity (Wildman–Crippen MR) is 212 cm³/mol. The fraction of sp³-hybridized carbons (Fsp3) is 0.780. The van der Waals surface area contributed by atoms with Gasteiger partial charge in [-0.1, -0.05) is 133 Å². The summed E-state index contributed by atoms with van der Waals surface area (Å²) in [7, 11) is 1.53. The van der Waals surface area contributed by atoms with Gasteiger partial charge in [0.15, 0.2) is 0 Å². The molecular formula is C41H78N2O6P+. The van der Waals surface area contributed by atoms with Crippen molar-refractivity contribution in [1.29, 1.82) is 0 Å². The Balaban J connectivity index is 4.51. The minimum atomic E-state index is -4.34. The number of phosphoric ester groups is 1. The van der Waals surface area contributed by atoms with E-state index in [-0.39, 0.29) is 19.1 Å². The Kier molecular flexibility index (Phi) is 32.3. The summed E-state index contributed by atoms with van der Waals surface area (Å²) in [5, 5.41) is 13.7. The maximum absolute atomic E-state index is 12.8. The van der Waals surface area contributed by atoms with Crippen molar-refractivity contribution in [2.45, 2.75) is 167 Å². The van der Waals surface area contributed by atoms with Gasteiger partial charge in [-0.15, -0.1) is 0 Å². The number of phosphoric acid groups is 1. The van der Waals surface area contributed by atoms with Crippen LogP contribution in [0.5, 0.6) is 0 Å². The lowest BCUT2D eigenvalue weighted by Crippen LogP contribution is -2.45. The number of unbranched alkanes of at least 4 members (excludes halogenated alkanes) is 16. The molecule has 0 saturated carbocycles. The SMILES string of the molecule is CCC/C=C/CC/C=C/CC/C=C/C(O)C(COP(=O)(O)OCC[N+](C)(C)C)NC(=O)CCCCCCCCC/C=C\CCCCCCCC. The molecule has 0 fully saturated rings. The lowest BCUT2D eigenvalue weighted by Gasteiger charge is -2.25. The van der Waals surface area contributed by atoms with Crippen LogP contribution in [0.15, 0.2) is 48.6 Å². The van der Waals surface area contributed by atoms with Gasteiger partial charge in [-0.2, -0.15) is 0 Å². The van der Waals surface area contributed by atoms with Crippen LogP contribution in [0.3, 0.4) is 0 Å². The van der Waals surface area contributed by atoms with Crippen LogP contribution >= 0.6 is 7.82 Å². The molecule has 3 unspecified atom stereocenters. The van der Waals surface area contributed by atoms with Crippen molar-refractivity contribution < 1.29 is 32.9 Å². The van der Waals surface area contributed by atoms with Gasteiger partial charge in [0, 0.05) is 6.42 Å². The molecule has 0 spiro atoms. The number of allylic oxidation sites excluding steroid dienone is 7. The molecule has 0 aliphatic heterocycles. The number of rotatable bonds is 35. The summed E-state index contributed by atoms with van der Waals surface area (Å²) in [6.45, 7) is 4.67. The number of nitrogens with one attached hydrogen (secondary N) is 1. The number of hydrogen-bond acceptors (Lipinski definition) is 5. The zero-order valence-corrected chi connectivity index (χ0v) is 33.8. The molecule has 1 amide bonds. The molecule has 50 heavy (non-hydrogen) atoms. The van der Waals surface area contributed by atoms with Crippen molar-refractivity contribution in [3.05, 3.63) is 48.6 Å². The van der Waals surface area contributed by atoms with Crippen molar-refractivity contribution >= 4 is 13.7 Å². The van der Waals surface area contributed by atoms with Gasteiger partial charge in [0.25, 0.3) is 0 Å². The molecule has 3 atom stereocenters. The number of aliphatic hydroxyl groups excluding tert-OH is 1. The number of carbonyl (C=O) groups excluding carboxylic acids is 1. The van der Waals surface area contributed by atoms with E-state index in [1.54, 1.807) is 6.08 Å². The average Bonchev–Trinajstić information content (AvgIpc) is 3.06. The normalized spacial score (nSPS) is 15.1. The van der Waals surface area contributed by atoms with Crippen molar-refractivity contribution in [2.75, 3.05) is 40.9 Å². The Labute approximate surface area is 308 Å². The second kappa shape index (κ2) is 33.3. The molecule has 8 nitrogen and oxygen atoms in total. The molecule has 0 aromatic heterocycles. The largest absolute Gasteiger partial charge is 0.472 e. The van der Waals surface area contributed by atoms with E-state index < -0.39 is 20.0 Å². The van der Waals surface area contributed by atoms with Crippen LogP contribution in [0.4, 0.5) is 0 Å². The van der Waals surface area contributed by atoms with Gasteiger partial charge in [0.2, 0.25) is 5.91 Å². The minimum Gasteiger partial charge on any atom is -0.387 e. The van der Waals surface area contributed by atoms with Crippen molar-refractivity contribution in [3.63, 3.8) is 0 Å². The van der Waals surface area contributed by atoms with Crippen LogP contribution < -0.4 is 5.32 Å². The van der Waals surface area contributed by atoms with E-state index >= 15 is 0 Å². The van der Waals surface area contributed by atoms with E-state index in [0.717, 1.165) is 51.4 Å². The summed E-state index contributed by atoms with van der Waals surface area (Å²) in [5.41, 5.74) is 0. The molecule has 0 rings (SSSR count). The number of quaternary nitrogens is 1. The quantitative estimate of drug-likeness (QED) is 0.0260. The lowest BCUT2D eigenvalue weighted by atomic mass is 10.1. The standard InChI is InChI=1S/C41H77N2O6P/c1-6-8-10-12-14-16-18-19-20-21-22-23-25-27-29-31-33-35-41(45)42-39(38-49-50(46,47)48-37-36-43(3,4)5)40(44)34-32-30-28-26-24-17-15-13-11-9-7-2/h11,13,19-20,24,26,32,34,39-40,44H,6-10,12,14-18,21-23,25,27-31,33,35-38H2,1-5H3,(H-,42,45,46,47)/p+1/b13-11+,20-19-,26-24+,34-32+. The van der Waals surface area contributed by atoms with Gasteiger partial charge in [-0.05, 0) is 64.2 Å². The summed E-state index contributed by atoms with van der Waals surface area (Å²) in [6.07, 6.45) is 40.4. The molecular weight excluding hydrogens is 647 g/mol. The topological polar surface area (TPSA) is 105 Å². The van der Waals surface area contributed by atoms with Crippen LogP contribution in [0.1, 0.15) is 155 Å². The van der Waals surface area contributed by atoms with E-state index in [1.807, 2.05) is 27.2 Å². The molecule has 0 heterocycles. The van der Waals surface area contributed by atoms with Crippen molar-refractivity contribution in [3.8, 4) is 0 Å². The number of carbonyl (C=O) groups is 1. The number of amides is 1. The molecule has 0 aromatic carbocycles. The highest BCUT2D eigenvalue weighted by Gasteiger charge is 2.27. The Morgan fingerprint density at radius 2 is 1.14 bits per heavy atom. The van der Waals surface area contributed by atoms with Crippen LogP contribution in [0.25, 0.3) is 0 Å². The molecule has 0 aliphatic rings. The highest BCUT2D eigenvalue weighted by Crippen LogP contribution is 2.43. The second-order valence-electron chi connectivity index (χ2n) is 14.6. The third-order valence-corrected chi connectivity index (χ3v) is 9.46. The Bertz CT molecular complexity index is 959. The van der Waals surface area contributed by atoms with Crippen molar-refractivity contribution in [2.24, 2.45) is 0 Å². The van der Waals surface area contributed by atoms with Crippen LogP contribution in [-0.2, 0) is 18.4 Å². The summed E-state index contributed by atoms with van der Waals surface area (Å²) in [6, 6.07) is -0.869. The van der Waals surface area contributed by atoms with E-state index in [1.165, 1.54) is 83.5 Å². The molecule has 292 valence electrons. The van der Waals surface area contributed by atoms with Gasteiger partial charge in [-0.3, -0.25) is 13.8 Å². The summed E-state index contributed by atoms with van der Waals surface area (Å²) in [5.74, 6) is -0.201. The number of likely N-dealkylation sites (N-methyl/N-ethyl adjacent to an activating group) is 1. The molecule has 3 N–H and O–H groups in total. The first kappa shape index (κ1) is 48.5. The summed E-state index contributed by atoms with van der Waals surface area (Å²) >= 11 is 0. The molecule has 0 aromatic rings. The Hall–Kier alpha value is -1.54. The number of nitrogens with zero attached hydrogens (tertiary/aromatic N) is 1. The summed E-state index contributed by atoms with van der Waals surface area (Å²) in [4.78, 5) is 23.0. The fourth-order valence-electron chi connectivity index (χ4n) is 5.25. The maximum Gasteiger partial charge on any atom is 0.472 e. The highest BCUT2D eigenvalue weighted by atomic mass is 31.2. The first-order valence-corrected chi connectivity index (χ1v) is 21.5. The van der Waals surface area contributed by atoms with E-state index in [2.05, 4.69) is 55.6 Å². The highest BCUT2D eigenvalue weighted by molar-refractivity contribution is 7.47. The zero-order valence-electron chi connectivity index (χ0n) is 32.9. The fourth-order valence-corrected chi connectivity index (χ4v) is 5.98. The zero-order chi connectivity index (χ0) is 37.2. The maximum atomic E-state index is 12.8. The Morgan fingerprint density at radius 1 is 0.660 bits per heavy atom. The van der Waals surface area contributed by atoms with Crippen molar-refractivity contribution in [1.82, 2.24) is 5.32 Å². The van der Waals surface area contributed by atoms with Gasteiger partial charge in [0.1, 0.15) is 13.2 Å². The average molecular weight is 726 g/mol. The minimum absolute atomic E-state index is 0.0513. The van der Waals surface area contributed by atoms with Gasteiger partial charge in [-0.25, -0.2) is 4.57 Å². The predicted octanol–water partition coefficient (Wildman–Crippen LogP) is 10.5. The number of hydrogen-bond donors (Lipinski definition) is 3. The monoisotopic (exact) mass is 726 g/mol. The van der Waals surface area contributed by atoms with E-state index in [4.69, 9.17) is 9.05 Å². The smallest absolute Gasteiger partial charge is 0.387 e. The third kappa shape index (κ3) is 34.9. The van der Waals surface area contributed by atoms with Gasteiger partial charge >= 0.3 is 7.82 Å². The van der Waals surface area contributed by atoms with E-state index in [0.29, 0.717) is 17.4 Å². The van der Waals surface area contributed by atoms with Gasteiger partial charge < -0.3 is 19.8 Å². The van der Waals surface area contributed by atoms with E-state index in [9.17, 15) is 19.4 Å². The van der Waals surface area contributed by atoms with Crippen LogP contribution in [0.2, 0.25) is 0 Å². The van der Waals surface area contributed by atoms with Gasteiger partial charge in [0.05, 0.1) is 39.9 Å². The first-order chi connectivity index (χ1) is 24.0. The summed E-state index contributed by atoms with van der Waals surface area (Å²) < 4.78 is 23.4. The van der Waals surface area contributed by atoms with Crippen LogP contribution in [-0.4, -0.2) is 73.4 Å². The Morgan fingerprint density at radius 3 is 1.68 bits per heavy atom. The first-order valence-electron chi connectivity index (χ1n) is 20.0. The molecule has 0 bridgehead atoms. The molecule has 0 aliphatic carbocycles. The lowest BCUT2D eigenvalue weighted by molar-refractivity contribution is -0.870.